The number of nitrogens with one attached hydrogen (secondary N) is 1. The van der Waals surface area contributed by atoms with Crippen LogP contribution in [-0.2, 0) is 7.05 Å². The SMILES string of the molecule is Cc1nc(NC(C)c2ccc(C)c(-c3ccn(C)n3)c2)cc(-c2ccc3occ(C)c3c2)n1. The zero-order chi connectivity index (χ0) is 23.1. The minimum atomic E-state index is 0.0637. The van der Waals surface area contributed by atoms with E-state index >= 15 is 0 Å². The highest BCUT2D eigenvalue weighted by molar-refractivity contribution is 5.85. The molecular formula is C27H27N5O. The maximum atomic E-state index is 5.59. The van der Waals surface area contributed by atoms with Crippen LogP contribution in [0, 0.1) is 20.8 Å². The lowest BCUT2D eigenvalue weighted by molar-refractivity contribution is 0.613. The summed E-state index contributed by atoms with van der Waals surface area (Å²) < 4.78 is 7.42. The van der Waals surface area contributed by atoms with Crippen LogP contribution in [0.2, 0.25) is 0 Å². The summed E-state index contributed by atoms with van der Waals surface area (Å²) in [6.45, 7) is 8.23. The molecule has 0 aliphatic heterocycles. The predicted octanol–water partition coefficient (Wildman–Crippen LogP) is 6.39. The molecule has 0 saturated carbocycles. The number of aromatic nitrogens is 4. The fourth-order valence-electron chi connectivity index (χ4n) is 4.15. The fourth-order valence-corrected chi connectivity index (χ4v) is 4.15. The first kappa shape index (κ1) is 20.9. The lowest BCUT2D eigenvalue weighted by atomic mass is 9.99. The number of aryl methyl sites for hydroxylation is 4. The average molecular weight is 438 g/mol. The number of anilines is 1. The minimum Gasteiger partial charge on any atom is -0.464 e. The molecule has 0 bridgehead atoms. The van der Waals surface area contributed by atoms with Crippen molar-refractivity contribution >= 4 is 16.8 Å². The molecule has 6 heteroatoms. The van der Waals surface area contributed by atoms with Gasteiger partial charge in [-0.15, -0.1) is 0 Å². The smallest absolute Gasteiger partial charge is 0.134 e. The summed E-state index contributed by atoms with van der Waals surface area (Å²) in [5.74, 6) is 1.53. The van der Waals surface area contributed by atoms with E-state index in [1.165, 1.54) is 11.1 Å². The molecule has 1 N–H and O–H groups in total. The summed E-state index contributed by atoms with van der Waals surface area (Å²) in [6, 6.07) is 16.8. The largest absolute Gasteiger partial charge is 0.464 e. The van der Waals surface area contributed by atoms with Gasteiger partial charge in [0.1, 0.15) is 17.2 Å². The van der Waals surface area contributed by atoms with Crippen LogP contribution in [0.3, 0.4) is 0 Å². The van der Waals surface area contributed by atoms with Gasteiger partial charge in [0.2, 0.25) is 0 Å². The van der Waals surface area contributed by atoms with Crippen LogP contribution in [0.15, 0.2) is 65.4 Å². The van der Waals surface area contributed by atoms with Crippen molar-refractivity contribution in [1.82, 2.24) is 19.7 Å². The van der Waals surface area contributed by atoms with E-state index < -0.39 is 0 Å². The molecule has 3 aromatic heterocycles. The first-order valence-corrected chi connectivity index (χ1v) is 11.1. The van der Waals surface area contributed by atoms with Crippen LogP contribution >= 0.6 is 0 Å². The Kier molecular flexibility index (Phi) is 5.21. The van der Waals surface area contributed by atoms with Gasteiger partial charge in [-0.2, -0.15) is 5.10 Å². The molecule has 166 valence electrons. The summed E-state index contributed by atoms with van der Waals surface area (Å²) in [5.41, 5.74) is 8.44. The Labute approximate surface area is 193 Å². The monoisotopic (exact) mass is 437 g/mol. The standard InChI is InChI=1S/C27H27N5O/c1-16-6-7-20(12-22(16)24-10-11-32(5)31-24)18(3)28-27-14-25(29-19(4)30-27)21-8-9-26-23(13-21)17(2)15-33-26/h6-15,18H,1-5H3,(H,28,29,30). The fraction of sp³-hybridized carbons (Fsp3) is 0.222. The molecule has 0 spiro atoms. The van der Waals surface area contributed by atoms with Crippen molar-refractivity contribution in [3.8, 4) is 22.5 Å². The molecule has 6 nitrogen and oxygen atoms in total. The van der Waals surface area contributed by atoms with Crippen LogP contribution < -0.4 is 5.32 Å². The lowest BCUT2D eigenvalue weighted by Crippen LogP contribution is -2.09. The zero-order valence-corrected chi connectivity index (χ0v) is 19.5. The van der Waals surface area contributed by atoms with Crippen LogP contribution in [0.4, 0.5) is 5.82 Å². The van der Waals surface area contributed by atoms with Crippen molar-refractivity contribution in [2.24, 2.45) is 7.05 Å². The van der Waals surface area contributed by atoms with Crippen molar-refractivity contribution in [3.05, 3.63) is 83.5 Å². The number of hydrogen-bond acceptors (Lipinski definition) is 5. The third-order valence-electron chi connectivity index (χ3n) is 6.02. The number of furan rings is 1. The molecule has 1 unspecified atom stereocenters. The Morgan fingerprint density at radius 3 is 2.55 bits per heavy atom. The highest BCUT2D eigenvalue weighted by Crippen LogP contribution is 2.30. The molecule has 0 aliphatic rings. The van der Waals surface area contributed by atoms with E-state index in [1.807, 2.05) is 49.1 Å². The molecule has 3 heterocycles. The molecule has 0 saturated heterocycles. The Balaban J connectivity index is 1.45. The summed E-state index contributed by atoms with van der Waals surface area (Å²) >= 11 is 0. The van der Waals surface area contributed by atoms with Crippen molar-refractivity contribution in [2.75, 3.05) is 5.32 Å². The molecule has 33 heavy (non-hydrogen) atoms. The van der Waals surface area contributed by atoms with E-state index in [0.29, 0.717) is 0 Å². The summed E-state index contributed by atoms with van der Waals surface area (Å²) in [4.78, 5) is 9.32. The summed E-state index contributed by atoms with van der Waals surface area (Å²) in [5, 5.41) is 9.24. The second kappa shape index (κ2) is 8.20. The van der Waals surface area contributed by atoms with E-state index in [2.05, 4.69) is 65.4 Å². The van der Waals surface area contributed by atoms with E-state index in [-0.39, 0.29) is 6.04 Å². The van der Waals surface area contributed by atoms with E-state index in [4.69, 9.17) is 4.42 Å². The second-order valence-electron chi connectivity index (χ2n) is 8.63. The molecule has 0 amide bonds. The molecule has 5 aromatic rings. The molecule has 2 aromatic carbocycles. The number of fused-ring (bicyclic) bond motifs is 1. The Hall–Kier alpha value is -3.93. The third-order valence-corrected chi connectivity index (χ3v) is 6.02. The first-order chi connectivity index (χ1) is 15.9. The Morgan fingerprint density at radius 1 is 0.909 bits per heavy atom. The van der Waals surface area contributed by atoms with Crippen LogP contribution in [0.5, 0.6) is 0 Å². The van der Waals surface area contributed by atoms with E-state index in [0.717, 1.165) is 50.7 Å². The van der Waals surface area contributed by atoms with Gasteiger partial charge in [-0.25, -0.2) is 9.97 Å². The second-order valence-corrected chi connectivity index (χ2v) is 8.63. The van der Waals surface area contributed by atoms with Gasteiger partial charge in [0.05, 0.1) is 17.7 Å². The van der Waals surface area contributed by atoms with Crippen LogP contribution in [0.25, 0.3) is 33.5 Å². The maximum absolute atomic E-state index is 5.59. The van der Waals surface area contributed by atoms with Gasteiger partial charge in [-0.1, -0.05) is 12.1 Å². The molecule has 0 fully saturated rings. The van der Waals surface area contributed by atoms with Crippen molar-refractivity contribution in [2.45, 2.75) is 33.7 Å². The Bertz CT molecular complexity index is 1460. The minimum absolute atomic E-state index is 0.0637. The van der Waals surface area contributed by atoms with Crippen molar-refractivity contribution in [3.63, 3.8) is 0 Å². The molecule has 5 rings (SSSR count). The lowest BCUT2D eigenvalue weighted by Gasteiger charge is -2.17. The topological polar surface area (TPSA) is 68.8 Å². The van der Waals surface area contributed by atoms with Gasteiger partial charge in [-0.05, 0) is 74.7 Å². The van der Waals surface area contributed by atoms with Gasteiger partial charge >= 0.3 is 0 Å². The summed E-state index contributed by atoms with van der Waals surface area (Å²) in [6.07, 6.45) is 3.76. The maximum Gasteiger partial charge on any atom is 0.134 e. The normalized spacial score (nSPS) is 12.3. The van der Waals surface area contributed by atoms with Crippen LogP contribution in [0.1, 0.15) is 35.5 Å². The van der Waals surface area contributed by atoms with Gasteiger partial charge < -0.3 is 9.73 Å². The molecular weight excluding hydrogens is 410 g/mol. The zero-order valence-electron chi connectivity index (χ0n) is 19.5. The van der Waals surface area contributed by atoms with Gasteiger partial charge in [0.25, 0.3) is 0 Å². The number of hydrogen-bond donors (Lipinski definition) is 1. The van der Waals surface area contributed by atoms with Gasteiger partial charge in [0, 0.05) is 41.9 Å². The molecule has 0 radical (unpaired) electrons. The van der Waals surface area contributed by atoms with Crippen molar-refractivity contribution in [1.29, 1.82) is 0 Å². The van der Waals surface area contributed by atoms with E-state index in [1.54, 1.807) is 6.26 Å². The molecule has 0 aliphatic carbocycles. The Morgan fingerprint density at radius 2 is 1.76 bits per heavy atom. The number of benzene rings is 2. The first-order valence-electron chi connectivity index (χ1n) is 11.1. The predicted molar refractivity (Wildman–Crippen MR) is 132 cm³/mol. The highest BCUT2D eigenvalue weighted by Gasteiger charge is 2.13. The van der Waals surface area contributed by atoms with Crippen LogP contribution in [-0.4, -0.2) is 19.7 Å². The number of nitrogens with zero attached hydrogens (tertiary/aromatic N) is 4. The van der Waals surface area contributed by atoms with E-state index in [9.17, 15) is 0 Å². The number of rotatable bonds is 5. The highest BCUT2D eigenvalue weighted by atomic mass is 16.3. The quantitative estimate of drug-likeness (QED) is 0.345. The third kappa shape index (κ3) is 4.12. The average Bonchev–Trinajstić information content (AvgIpc) is 3.39. The van der Waals surface area contributed by atoms with Gasteiger partial charge in [0.15, 0.2) is 0 Å². The molecule has 1 atom stereocenters. The van der Waals surface area contributed by atoms with Crippen molar-refractivity contribution < 1.29 is 4.42 Å². The summed E-state index contributed by atoms with van der Waals surface area (Å²) in [7, 11) is 1.94. The van der Waals surface area contributed by atoms with Gasteiger partial charge in [-0.3, -0.25) is 4.68 Å².